The zero-order chi connectivity index (χ0) is 20.4. The molecule has 3 aromatic rings. The fraction of sp³-hybridized carbons (Fsp3) is 0.273. The van der Waals surface area contributed by atoms with E-state index in [1.807, 2.05) is 20.8 Å². The molecule has 0 fully saturated rings. The van der Waals surface area contributed by atoms with E-state index in [0.29, 0.717) is 27.2 Å². The summed E-state index contributed by atoms with van der Waals surface area (Å²) >= 11 is 6.04. The first-order valence-electron chi connectivity index (χ1n) is 9.24. The second-order valence-corrected chi connectivity index (χ2v) is 7.41. The Balaban J connectivity index is 2.10. The van der Waals surface area contributed by atoms with Crippen LogP contribution in [0.2, 0.25) is 5.02 Å². The van der Waals surface area contributed by atoms with E-state index in [0.717, 1.165) is 12.0 Å². The van der Waals surface area contributed by atoms with Gasteiger partial charge in [0.05, 0.1) is 11.9 Å². The van der Waals surface area contributed by atoms with E-state index in [2.05, 4.69) is 5.32 Å². The van der Waals surface area contributed by atoms with Gasteiger partial charge in [0.2, 0.25) is 5.91 Å². The Morgan fingerprint density at radius 1 is 1.21 bits per heavy atom. The summed E-state index contributed by atoms with van der Waals surface area (Å²) in [5.41, 5.74) is 2.50. The van der Waals surface area contributed by atoms with Gasteiger partial charge in [0, 0.05) is 27.7 Å². The summed E-state index contributed by atoms with van der Waals surface area (Å²) < 4.78 is 1.58. The maximum Gasteiger partial charge on any atom is 0.262 e. The molecule has 2 aromatic carbocycles. The van der Waals surface area contributed by atoms with E-state index in [-0.39, 0.29) is 30.0 Å². The number of hydrogen-bond acceptors (Lipinski definition) is 3. The molecule has 6 heteroatoms. The monoisotopic (exact) mass is 398 g/mol. The highest BCUT2D eigenvalue weighted by Gasteiger charge is 2.22. The number of amides is 1. The summed E-state index contributed by atoms with van der Waals surface area (Å²) in [6, 6.07) is 11.6. The summed E-state index contributed by atoms with van der Waals surface area (Å²) in [6.45, 7) is 5.76. The van der Waals surface area contributed by atoms with Crippen LogP contribution in [0.25, 0.3) is 10.9 Å². The number of nitrogens with zero attached hydrogens (tertiary/aromatic N) is 1. The zero-order valence-corrected chi connectivity index (χ0v) is 16.9. The lowest BCUT2D eigenvalue weighted by Crippen LogP contribution is -2.33. The van der Waals surface area contributed by atoms with E-state index in [1.54, 1.807) is 41.0 Å². The van der Waals surface area contributed by atoms with Crippen LogP contribution in [-0.4, -0.2) is 27.5 Å². The van der Waals surface area contributed by atoms with Crippen molar-refractivity contribution >= 4 is 34.3 Å². The van der Waals surface area contributed by atoms with E-state index < -0.39 is 0 Å². The number of phenolic OH excluding ortho intramolecular Hbond substituents is 1. The molecule has 0 radical (unpaired) electrons. The van der Waals surface area contributed by atoms with Crippen LogP contribution in [0.3, 0.4) is 0 Å². The van der Waals surface area contributed by atoms with Crippen molar-refractivity contribution in [1.82, 2.24) is 9.88 Å². The molecule has 0 bridgehead atoms. The predicted molar refractivity (Wildman–Crippen MR) is 111 cm³/mol. The molecule has 1 atom stereocenters. The molecule has 0 spiro atoms. The lowest BCUT2D eigenvalue weighted by molar-refractivity contribution is -0.121. The van der Waals surface area contributed by atoms with Crippen molar-refractivity contribution in [2.24, 2.45) is 0 Å². The maximum atomic E-state index is 13.2. The standard InChI is InChI=1S/C22H23ClN2O3/c1-4-13(2)24-21(27)12-18-14(3)25(20-9-8-17(26)11-19(18)20)22(28)15-6-5-7-16(23)10-15/h5-11,13,26H,4,12H2,1-3H3,(H,24,27)/t13-/m0/s1. The number of aromatic nitrogens is 1. The molecule has 28 heavy (non-hydrogen) atoms. The molecule has 0 unspecified atom stereocenters. The van der Waals surface area contributed by atoms with Crippen molar-refractivity contribution in [2.75, 3.05) is 0 Å². The Hall–Kier alpha value is -2.79. The fourth-order valence-corrected chi connectivity index (χ4v) is 3.49. The fourth-order valence-electron chi connectivity index (χ4n) is 3.30. The van der Waals surface area contributed by atoms with Crippen LogP contribution in [0.15, 0.2) is 42.5 Å². The number of benzene rings is 2. The van der Waals surface area contributed by atoms with Gasteiger partial charge in [-0.15, -0.1) is 0 Å². The van der Waals surface area contributed by atoms with Crippen LogP contribution < -0.4 is 5.32 Å². The molecule has 1 aromatic heterocycles. The molecule has 5 nitrogen and oxygen atoms in total. The van der Waals surface area contributed by atoms with Crippen molar-refractivity contribution in [3.63, 3.8) is 0 Å². The third-order valence-electron chi connectivity index (χ3n) is 4.95. The van der Waals surface area contributed by atoms with Crippen LogP contribution in [0.1, 0.15) is 41.9 Å². The number of fused-ring (bicyclic) bond motifs is 1. The second kappa shape index (κ2) is 8.07. The largest absolute Gasteiger partial charge is 0.508 e. The van der Waals surface area contributed by atoms with Crippen molar-refractivity contribution in [2.45, 2.75) is 39.7 Å². The number of carbonyl (C=O) groups is 2. The van der Waals surface area contributed by atoms with Gasteiger partial charge < -0.3 is 10.4 Å². The number of nitrogens with one attached hydrogen (secondary N) is 1. The van der Waals surface area contributed by atoms with Crippen LogP contribution in [0.4, 0.5) is 0 Å². The highest BCUT2D eigenvalue weighted by molar-refractivity contribution is 6.31. The molecule has 0 saturated heterocycles. The first kappa shape index (κ1) is 20.0. The molecule has 1 heterocycles. The lowest BCUT2D eigenvalue weighted by atomic mass is 10.1. The molecular weight excluding hydrogens is 376 g/mol. The minimum absolute atomic E-state index is 0.0719. The number of aromatic hydroxyl groups is 1. The highest BCUT2D eigenvalue weighted by atomic mass is 35.5. The molecule has 0 aliphatic carbocycles. The van der Waals surface area contributed by atoms with E-state index in [9.17, 15) is 14.7 Å². The molecule has 2 N–H and O–H groups in total. The van der Waals surface area contributed by atoms with Gasteiger partial charge in [0.25, 0.3) is 5.91 Å². The predicted octanol–water partition coefficient (Wildman–Crippen LogP) is 4.45. The Morgan fingerprint density at radius 3 is 2.64 bits per heavy atom. The van der Waals surface area contributed by atoms with Crippen LogP contribution in [-0.2, 0) is 11.2 Å². The smallest absolute Gasteiger partial charge is 0.262 e. The third-order valence-corrected chi connectivity index (χ3v) is 5.19. The highest BCUT2D eigenvalue weighted by Crippen LogP contribution is 2.30. The number of rotatable bonds is 5. The van der Waals surface area contributed by atoms with Gasteiger partial charge in [-0.05, 0) is 62.2 Å². The van der Waals surface area contributed by atoms with Gasteiger partial charge in [0.15, 0.2) is 0 Å². The second-order valence-electron chi connectivity index (χ2n) is 6.97. The van der Waals surface area contributed by atoms with Gasteiger partial charge >= 0.3 is 0 Å². The summed E-state index contributed by atoms with van der Waals surface area (Å²) in [4.78, 5) is 25.7. The van der Waals surface area contributed by atoms with Crippen LogP contribution in [0, 0.1) is 6.92 Å². The van der Waals surface area contributed by atoms with Gasteiger partial charge in [-0.1, -0.05) is 24.6 Å². The third kappa shape index (κ3) is 3.90. The number of hydrogen-bond donors (Lipinski definition) is 2. The molecular formula is C22H23ClN2O3. The van der Waals surface area contributed by atoms with Crippen molar-refractivity contribution in [3.05, 3.63) is 64.3 Å². The number of phenols is 1. The van der Waals surface area contributed by atoms with E-state index >= 15 is 0 Å². The normalized spacial score (nSPS) is 12.1. The molecule has 0 saturated carbocycles. The summed E-state index contributed by atoms with van der Waals surface area (Å²) in [7, 11) is 0. The average molecular weight is 399 g/mol. The van der Waals surface area contributed by atoms with Crippen LogP contribution >= 0.6 is 11.6 Å². The van der Waals surface area contributed by atoms with Crippen LogP contribution in [0.5, 0.6) is 5.75 Å². The van der Waals surface area contributed by atoms with Gasteiger partial charge in [-0.3, -0.25) is 14.2 Å². The minimum atomic E-state index is -0.232. The van der Waals surface area contributed by atoms with Crippen molar-refractivity contribution in [3.8, 4) is 5.75 Å². The topological polar surface area (TPSA) is 71.3 Å². The van der Waals surface area contributed by atoms with Gasteiger partial charge in [-0.25, -0.2) is 0 Å². The van der Waals surface area contributed by atoms with Gasteiger partial charge in [0.1, 0.15) is 5.75 Å². The number of halogens is 1. The molecule has 3 rings (SSSR count). The molecule has 0 aliphatic heterocycles. The Labute approximate surface area is 168 Å². The van der Waals surface area contributed by atoms with E-state index in [1.165, 1.54) is 6.07 Å². The lowest BCUT2D eigenvalue weighted by Gasteiger charge is -2.12. The summed E-state index contributed by atoms with van der Waals surface area (Å²) in [5, 5.41) is 14.1. The maximum absolute atomic E-state index is 13.2. The SMILES string of the molecule is CC[C@H](C)NC(=O)Cc1c(C)n(C(=O)c2cccc(Cl)c2)c2ccc(O)cc12. The number of carbonyl (C=O) groups excluding carboxylic acids is 2. The Morgan fingerprint density at radius 2 is 1.96 bits per heavy atom. The minimum Gasteiger partial charge on any atom is -0.508 e. The average Bonchev–Trinajstić information content (AvgIpc) is 2.92. The zero-order valence-electron chi connectivity index (χ0n) is 16.1. The Kier molecular flexibility index (Phi) is 5.75. The Bertz CT molecular complexity index is 1060. The van der Waals surface area contributed by atoms with Crippen molar-refractivity contribution in [1.29, 1.82) is 0 Å². The molecule has 146 valence electrons. The molecule has 1 amide bonds. The van der Waals surface area contributed by atoms with Gasteiger partial charge in [-0.2, -0.15) is 0 Å². The summed E-state index contributed by atoms with van der Waals surface area (Å²) in [6.07, 6.45) is 0.965. The summed E-state index contributed by atoms with van der Waals surface area (Å²) in [5.74, 6) is -0.261. The first-order chi connectivity index (χ1) is 13.3. The molecule has 0 aliphatic rings. The quantitative estimate of drug-likeness (QED) is 0.666. The van der Waals surface area contributed by atoms with E-state index in [4.69, 9.17) is 11.6 Å². The first-order valence-corrected chi connectivity index (χ1v) is 9.62. The van der Waals surface area contributed by atoms with Crippen molar-refractivity contribution < 1.29 is 14.7 Å².